The zero-order chi connectivity index (χ0) is 25.2. The van der Waals surface area contributed by atoms with Crippen molar-refractivity contribution in [3.63, 3.8) is 0 Å². The molecule has 2 aromatic heterocycles. The number of anilines is 1. The standard InChI is InChI=1S/C28H29N5O3/c1-3-25(34)31-16-4-5-22(17-31)32-24-14-15-30-27(29)26(24)33(28(32)35)21-10-12-23(13-11-21)36-18-20-8-6-19(2)7-9-20/h3,6-15,22H,1,4-5,16-18H2,2H3,(H2,29,30). The highest BCUT2D eigenvalue weighted by Gasteiger charge is 2.28. The molecule has 36 heavy (non-hydrogen) atoms. The van der Waals surface area contributed by atoms with E-state index in [9.17, 15) is 9.59 Å². The van der Waals surface area contributed by atoms with Crippen molar-refractivity contribution >= 4 is 22.8 Å². The molecule has 1 amide bonds. The summed E-state index contributed by atoms with van der Waals surface area (Å²) >= 11 is 0. The van der Waals surface area contributed by atoms with Crippen LogP contribution >= 0.6 is 0 Å². The van der Waals surface area contributed by atoms with Crippen molar-refractivity contribution in [2.75, 3.05) is 18.8 Å². The molecule has 8 heteroatoms. The molecule has 4 aromatic rings. The van der Waals surface area contributed by atoms with E-state index in [0.29, 0.717) is 42.2 Å². The Morgan fingerprint density at radius 1 is 1.17 bits per heavy atom. The van der Waals surface area contributed by atoms with Crippen LogP contribution in [-0.2, 0) is 11.4 Å². The molecular formula is C28H29N5O3. The Balaban J connectivity index is 1.48. The number of hydrogen-bond acceptors (Lipinski definition) is 5. The number of aryl methyl sites for hydroxylation is 1. The maximum atomic E-state index is 13.8. The summed E-state index contributed by atoms with van der Waals surface area (Å²) in [6.07, 6.45) is 4.51. The molecule has 184 valence electrons. The van der Waals surface area contributed by atoms with E-state index in [-0.39, 0.29) is 23.5 Å². The van der Waals surface area contributed by atoms with E-state index in [4.69, 9.17) is 10.5 Å². The first kappa shape index (κ1) is 23.4. The first-order chi connectivity index (χ1) is 17.5. The molecule has 0 aliphatic carbocycles. The lowest BCUT2D eigenvalue weighted by atomic mass is 10.1. The van der Waals surface area contributed by atoms with Gasteiger partial charge in [-0.3, -0.25) is 13.9 Å². The van der Waals surface area contributed by atoms with E-state index in [1.54, 1.807) is 26.3 Å². The van der Waals surface area contributed by atoms with Gasteiger partial charge in [-0.15, -0.1) is 0 Å². The summed E-state index contributed by atoms with van der Waals surface area (Å²) in [6, 6.07) is 17.2. The minimum atomic E-state index is -0.212. The van der Waals surface area contributed by atoms with Crippen LogP contribution in [-0.4, -0.2) is 38.0 Å². The van der Waals surface area contributed by atoms with Crippen molar-refractivity contribution in [3.8, 4) is 11.4 Å². The molecule has 0 saturated carbocycles. The van der Waals surface area contributed by atoms with Gasteiger partial charge in [-0.25, -0.2) is 9.78 Å². The smallest absolute Gasteiger partial charge is 0.334 e. The van der Waals surface area contributed by atoms with Gasteiger partial charge in [-0.05, 0) is 61.7 Å². The summed E-state index contributed by atoms with van der Waals surface area (Å²) in [5, 5.41) is 0. The van der Waals surface area contributed by atoms with Crippen LogP contribution in [0.1, 0.15) is 30.0 Å². The Morgan fingerprint density at radius 2 is 1.92 bits per heavy atom. The number of imidazole rings is 1. The number of fused-ring (bicyclic) bond motifs is 1. The van der Waals surface area contributed by atoms with E-state index >= 15 is 0 Å². The van der Waals surface area contributed by atoms with Crippen LogP contribution in [0.5, 0.6) is 5.75 Å². The monoisotopic (exact) mass is 483 g/mol. The van der Waals surface area contributed by atoms with Gasteiger partial charge in [-0.1, -0.05) is 36.4 Å². The molecule has 3 heterocycles. The Hall–Kier alpha value is -4.33. The zero-order valence-electron chi connectivity index (χ0n) is 20.3. The van der Waals surface area contributed by atoms with Crippen LogP contribution in [0, 0.1) is 6.92 Å². The molecule has 2 aromatic carbocycles. The van der Waals surface area contributed by atoms with E-state index in [1.165, 1.54) is 11.6 Å². The molecule has 1 unspecified atom stereocenters. The van der Waals surface area contributed by atoms with Crippen molar-refractivity contribution in [3.05, 3.63) is 95.1 Å². The van der Waals surface area contributed by atoms with Gasteiger partial charge in [0.15, 0.2) is 0 Å². The third-order valence-electron chi connectivity index (χ3n) is 6.68. The van der Waals surface area contributed by atoms with Gasteiger partial charge in [0.2, 0.25) is 5.91 Å². The number of amides is 1. The largest absolute Gasteiger partial charge is 0.489 e. The van der Waals surface area contributed by atoms with Crippen molar-refractivity contribution in [2.45, 2.75) is 32.4 Å². The van der Waals surface area contributed by atoms with E-state index in [0.717, 1.165) is 18.4 Å². The number of aromatic nitrogens is 3. The number of rotatable bonds is 6. The van der Waals surface area contributed by atoms with Gasteiger partial charge in [-0.2, -0.15) is 0 Å². The summed E-state index contributed by atoms with van der Waals surface area (Å²) in [7, 11) is 0. The molecule has 1 fully saturated rings. The first-order valence-electron chi connectivity index (χ1n) is 12.0. The molecule has 0 spiro atoms. The van der Waals surface area contributed by atoms with Crippen molar-refractivity contribution in [2.24, 2.45) is 0 Å². The number of nitrogen functional groups attached to an aromatic ring is 1. The normalized spacial score (nSPS) is 15.7. The lowest BCUT2D eigenvalue weighted by Gasteiger charge is -2.32. The molecule has 1 aliphatic heterocycles. The molecule has 1 saturated heterocycles. The predicted octanol–water partition coefficient (Wildman–Crippen LogP) is 4.01. The highest BCUT2D eigenvalue weighted by Crippen LogP contribution is 2.29. The maximum Gasteiger partial charge on any atom is 0.334 e. The Bertz CT molecular complexity index is 1470. The van der Waals surface area contributed by atoms with Gasteiger partial charge in [0.1, 0.15) is 23.7 Å². The second kappa shape index (κ2) is 9.73. The van der Waals surface area contributed by atoms with Gasteiger partial charge in [0.25, 0.3) is 0 Å². The molecule has 0 bridgehead atoms. The summed E-state index contributed by atoms with van der Waals surface area (Å²) in [6.45, 7) is 7.20. The summed E-state index contributed by atoms with van der Waals surface area (Å²) in [5.74, 6) is 0.852. The minimum absolute atomic E-state index is 0.126. The first-order valence-corrected chi connectivity index (χ1v) is 12.0. The summed E-state index contributed by atoms with van der Waals surface area (Å²) < 4.78 is 9.27. The lowest BCUT2D eigenvalue weighted by Crippen LogP contribution is -2.42. The number of carbonyl (C=O) groups is 1. The maximum absolute atomic E-state index is 13.8. The molecular weight excluding hydrogens is 454 g/mol. The van der Waals surface area contributed by atoms with Crippen LogP contribution in [0.2, 0.25) is 0 Å². The third kappa shape index (κ3) is 4.37. The number of nitrogens with zero attached hydrogens (tertiary/aromatic N) is 4. The van der Waals surface area contributed by atoms with Crippen LogP contribution in [0.4, 0.5) is 5.82 Å². The fourth-order valence-electron chi connectivity index (χ4n) is 4.82. The molecule has 1 aliphatic rings. The topological polar surface area (TPSA) is 95.4 Å². The predicted molar refractivity (Wildman–Crippen MR) is 140 cm³/mol. The molecule has 1 atom stereocenters. The second-order valence-electron chi connectivity index (χ2n) is 9.10. The minimum Gasteiger partial charge on any atom is -0.489 e. The second-order valence-corrected chi connectivity index (χ2v) is 9.10. The van der Waals surface area contributed by atoms with E-state index in [2.05, 4.69) is 30.6 Å². The number of hydrogen-bond donors (Lipinski definition) is 1. The number of ether oxygens (including phenoxy) is 1. The Kier molecular flexibility index (Phi) is 6.33. The number of pyridine rings is 1. The SMILES string of the molecule is C=CC(=O)N1CCCC(n2c(=O)n(-c3ccc(OCc4ccc(C)cc4)cc3)c3c(N)nccc32)C1. The Morgan fingerprint density at radius 3 is 2.64 bits per heavy atom. The number of carbonyl (C=O) groups excluding carboxylic acids is 1. The average Bonchev–Trinajstić information content (AvgIpc) is 3.21. The van der Waals surface area contributed by atoms with Crippen molar-refractivity contribution in [1.82, 2.24) is 19.0 Å². The number of nitrogens with two attached hydrogens (primary N) is 1. The van der Waals surface area contributed by atoms with E-state index in [1.807, 2.05) is 36.4 Å². The molecule has 2 N–H and O–H groups in total. The van der Waals surface area contributed by atoms with Gasteiger partial charge < -0.3 is 15.4 Å². The Labute approximate surface area is 209 Å². The zero-order valence-corrected chi connectivity index (χ0v) is 20.3. The van der Waals surface area contributed by atoms with Crippen LogP contribution < -0.4 is 16.2 Å². The van der Waals surface area contributed by atoms with Gasteiger partial charge in [0, 0.05) is 19.3 Å². The average molecular weight is 484 g/mol. The van der Waals surface area contributed by atoms with Gasteiger partial charge in [0.05, 0.1) is 17.2 Å². The van der Waals surface area contributed by atoms with Crippen molar-refractivity contribution < 1.29 is 9.53 Å². The lowest BCUT2D eigenvalue weighted by molar-refractivity contribution is -0.127. The molecule has 5 rings (SSSR count). The van der Waals surface area contributed by atoms with Crippen LogP contribution in [0.15, 0.2) is 78.2 Å². The summed E-state index contributed by atoms with van der Waals surface area (Å²) in [5.41, 5.74) is 10.3. The van der Waals surface area contributed by atoms with Gasteiger partial charge >= 0.3 is 5.69 Å². The number of piperidine rings is 1. The molecule has 8 nitrogen and oxygen atoms in total. The summed E-state index contributed by atoms with van der Waals surface area (Å²) in [4.78, 5) is 32.0. The van der Waals surface area contributed by atoms with Crippen molar-refractivity contribution in [1.29, 1.82) is 0 Å². The van der Waals surface area contributed by atoms with Crippen LogP contribution in [0.3, 0.4) is 0 Å². The fraction of sp³-hybridized carbons (Fsp3) is 0.250. The highest BCUT2D eigenvalue weighted by molar-refractivity contribution is 5.88. The van der Waals surface area contributed by atoms with Crippen LogP contribution in [0.25, 0.3) is 16.7 Å². The number of benzene rings is 2. The molecule has 0 radical (unpaired) electrons. The number of likely N-dealkylation sites (tertiary alicyclic amines) is 1. The fourth-order valence-corrected chi connectivity index (χ4v) is 4.82. The quantitative estimate of drug-likeness (QED) is 0.418. The third-order valence-corrected chi connectivity index (χ3v) is 6.68. The highest BCUT2D eigenvalue weighted by atomic mass is 16.5. The van der Waals surface area contributed by atoms with E-state index < -0.39 is 0 Å².